The van der Waals surface area contributed by atoms with Crippen molar-refractivity contribution in [3.63, 3.8) is 0 Å². The summed E-state index contributed by atoms with van der Waals surface area (Å²) in [6.45, 7) is -0.272. The van der Waals surface area contributed by atoms with Crippen molar-refractivity contribution in [2.24, 2.45) is 5.11 Å². The Bertz CT molecular complexity index is 645. The van der Waals surface area contributed by atoms with Crippen LogP contribution in [0.1, 0.15) is 23.2 Å². The molecule has 0 saturated heterocycles. The zero-order valence-corrected chi connectivity index (χ0v) is 10.7. The fourth-order valence-corrected chi connectivity index (χ4v) is 1.48. The van der Waals surface area contributed by atoms with Crippen molar-refractivity contribution in [2.75, 3.05) is 6.54 Å². The summed E-state index contributed by atoms with van der Waals surface area (Å²) in [5.41, 5.74) is 5.02. The van der Waals surface area contributed by atoms with Crippen molar-refractivity contribution in [3.05, 3.63) is 39.3 Å². The van der Waals surface area contributed by atoms with Crippen LogP contribution in [0.3, 0.4) is 0 Å². The third kappa shape index (κ3) is 3.64. The van der Waals surface area contributed by atoms with Gasteiger partial charge in [0, 0.05) is 17.9 Å². The Labute approximate surface area is 120 Å². The van der Waals surface area contributed by atoms with Crippen molar-refractivity contribution >= 4 is 17.6 Å². The fourth-order valence-electron chi connectivity index (χ4n) is 1.48. The van der Waals surface area contributed by atoms with E-state index in [1.54, 1.807) is 0 Å². The number of amides is 1. The number of azide groups is 1. The third-order valence-electron chi connectivity index (χ3n) is 2.46. The molecule has 0 heterocycles. The highest BCUT2D eigenvalue weighted by atomic mass is 19.2. The molecule has 7 nitrogen and oxygen atoms in total. The van der Waals surface area contributed by atoms with E-state index in [-0.39, 0.29) is 19.4 Å². The largest absolute Gasteiger partial charge is 0.481 e. The fraction of sp³-hybridized carbons (Fsp3) is 0.273. The summed E-state index contributed by atoms with van der Waals surface area (Å²) < 4.78 is 54.1. The van der Waals surface area contributed by atoms with Gasteiger partial charge in [-0.05, 0) is 12.0 Å². The summed E-state index contributed by atoms with van der Waals surface area (Å²) in [6, 6.07) is 0. The predicted molar refractivity (Wildman–Crippen MR) is 64.3 cm³/mol. The van der Waals surface area contributed by atoms with Gasteiger partial charge in [0.1, 0.15) is 11.3 Å². The van der Waals surface area contributed by atoms with E-state index in [9.17, 15) is 27.2 Å². The van der Waals surface area contributed by atoms with Crippen LogP contribution in [-0.4, -0.2) is 23.5 Å². The molecule has 1 aromatic rings. The predicted octanol–water partition coefficient (Wildman–Crippen LogP) is 2.78. The lowest BCUT2D eigenvalue weighted by Crippen LogP contribution is -2.27. The molecule has 22 heavy (non-hydrogen) atoms. The second-order valence-electron chi connectivity index (χ2n) is 3.92. The van der Waals surface area contributed by atoms with Gasteiger partial charge in [-0.25, -0.2) is 17.6 Å². The van der Waals surface area contributed by atoms with Crippen LogP contribution in [0.2, 0.25) is 0 Å². The lowest BCUT2D eigenvalue weighted by Gasteiger charge is -2.09. The summed E-state index contributed by atoms with van der Waals surface area (Å²) in [6.07, 6.45) is -0.365. The molecule has 0 aliphatic heterocycles. The first-order chi connectivity index (χ1) is 10.3. The molecule has 0 saturated carbocycles. The maximum atomic E-state index is 13.6. The number of hydrogen-bond acceptors (Lipinski definition) is 3. The Morgan fingerprint density at radius 3 is 2.14 bits per heavy atom. The molecule has 0 unspecified atom stereocenters. The maximum Gasteiger partial charge on any atom is 0.303 e. The van der Waals surface area contributed by atoms with Gasteiger partial charge in [0.2, 0.25) is 0 Å². The first kappa shape index (κ1) is 17.2. The molecule has 0 aliphatic rings. The molecule has 0 aliphatic carbocycles. The normalized spacial score (nSPS) is 10.0. The van der Waals surface area contributed by atoms with E-state index >= 15 is 0 Å². The van der Waals surface area contributed by atoms with Crippen molar-refractivity contribution in [1.29, 1.82) is 0 Å². The van der Waals surface area contributed by atoms with E-state index in [1.165, 1.54) is 0 Å². The van der Waals surface area contributed by atoms with Crippen LogP contribution in [0.4, 0.5) is 23.2 Å². The first-order valence-corrected chi connectivity index (χ1v) is 5.72. The standard InChI is InChI=1S/C11H8F4N4O3/c12-6-5(11(22)17-3-1-2-4(20)21)7(13)9(15)10(8(6)14)18-19-16/h1-3H2,(H,17,22)(H,20,21). The Morgan fingerprint density at radius 2 is 1.68 bits per heavy atom. The molecule has 1 aromatic carbocycles. The van der Waals surface area contributed by atoms with Gasteiger partial charge in [-0.15, -0.1) is 0 Å². The number of carboxylic acids is 1. The van der Waals surface area contributed by atoms with Crippen LogP contribution in [0.25, 0.3) is 10.4 Å². The van der Waals surface area contributed by atoms with Crippen LogP contribution >= 0.6 is 0 Å². The molecule has 0 fully saturated rings. The van der Waals surface area contributed by atoms with E-state index in [0.717, 1.165) is 0 Å². The monoisotopic (exact) mass is 320 g/mol. The third-order valence-corrected chi connectivity index (χ3v) is 2.46. The summed E-state index contributed by atoms with van der Waals surface area (Å²) in [4.78, 5) is 23.8. The van der Waals surface area contributed by atoms with Gasteiger partial charge in [0.05, 0.1) is 0 Å². The van der Waals surface area contributed by atoms with Gasteiger partial charge in [-0.1, -0.05) is 5.11 Å². The van der Waals surface area contributed by atoms with Gasteiger partial charge in [-0.2, -0.15) is 0 Å². The number of hydrogen-bond donors (Lipinski definition) is 2. The van der Waals surface area contributed by atoms with Gasteiger partial charge >= 0.3 is 5.97 Å². The molecule has 1 amide bonds. The molecule has 118 valence electrons. The second kappa shape index (κ2) is 7.27. The van der Waals surface area contributed by atoms with Crippen molar-refractivity contribution in [3.8, 4) is 0 Å². The Hall–Kier alpha value is -2.81. The van der Waals surface area contributed by atoms with E-state index in [1.807, 2.05) is 10.2 Å². The number of carbonyl (C=O) groups excluding carboxylic acids is 1. The Balaban J connectivity index is 3.07. The first-order valence-electron chi connectivity index (χ1n) is 5.72. The van der Waals surface area contributed by atoms with Crippen LogP contribution in [-0.2, 0) is 4.79 Å². The smallest absolute Gasteiger partial charge is 0.303 e. The lowest BCUT2D eigenvalue weighted by atomic mass is 10.1. The molecule has 2 N–H and O–H groups in total. The van der Waals surface area contributed by atoms with Gasteiger partial charge in [0.15, 0.2) is 23.3 Å². The average Bonchev–Trinajstić information content (AvgIpc) is 2.46. The van der Waals surface area contributed by atoms with Gasteiger partial charge in [0.25, 0.3) is 5.91 Å². The molecule has 0 bridgehead atoms. The minimum Gasteiger partial charge on any atom is -0.481 e. The molecule has 11 heteroatoms. The number of carboxylic acid groups (broad SMARTS) is 1. The number of rotatable bonds is 6. The molecular formula is C11H8F4N4O3. The molecule has 0 radical (unpaired) electrons. The van der Waals surface area contributed by atoms with Gasteiger partial charge < -0.3 is 10.4 Å². The van der Waals surface area contributed by atoms with E-state index in [2.05, 4.69) is 5.11 Å². The SMILES string of the molecule is [N-]=[N+]=Nc1c(F)c(F)c(C(=O)NCCCC(=O)O)c(F)c1F. The average molecular weight is 320 g/mol. The molecule has 0 aromatic heterocycles. The summed E-state index contributed by atoms with van der Waals surface area (Å²) in [5.74, 6) is -10.7. The number of benzene rings is 1. The van der Waals surface area contributed by atoms with Gasteiger partial charge in [-0.3, -0.25) is 9.59 Å². The molecule has 0 atom stereocenters. The molecular weight excluding hydrogens is 312 g/mol. The molecule has 0 spiro atoms. The van der Waals surface area contributed by atoms with Crippen molar-refractivity contribution in [1.82, 2.24) is 5.32 Å². The topological polar surface area (TPSA) is 115 Å². The Morgan fingerprint density at radius 1 is 1.14 bits per heavy atom. The minimum atomic E-state index is -2.02. The lowest BCUT2D eigenvalue weighted by molar-refractivity contribution is -0.137. The minimum absolute atomic E-state index is 0.0495. The van der Waals surface area contributed by atoms with Crippen molar-refractivity contribution < 1.29 is 32.3 Å². The van der Waals surface area contributed by atoms with E-state index < -0.39 is 46.4 Å². The highest BCUT2D eigenvalue weighted by Crippen LogP contribution is 2.30. The second-order valence-corrected chi connectivity index (χ2v) is 3.92. The summed E-state index contributed by atoms with van der Waals surface area (Å²) >= 11 is 0. The van der Waals surface area contributed by atoms with Crippen LogP contribution in [0, 0.1) is 23.3 Å². The van der Waals surface area contributed by atoms with E-state index in [4.69, 9.17) is 10.6 Å². The quantitative estimate of drug-likeness (QED) is 0.210. The summed E-state index contributed by atoms with van der Waals surface area (Å²) in [5, 5.41) is 12.8. The number of nitrogens with zero attached hydrogens (tertiary/aromatic N) is 3. The number of halogens is 4. The molecule has 1 rings (SSSR count). The van der Waals surface area contributed by atoms with E-state index in [0.29, 0.717) is 0 Å². The highest BCUT2D eigenvalue weighted by Gasteiger charge is 2.28. The zero-order chi connectivity index (χ0) is 16.9. The van der Waals surface area contributed by atoms with Crippen LogP contribution < -0.4 is 5.32 Å². The van der Waals surface area contributed by atoms with Crippen LogP contribution in [0.5, 0.6) is 0 Å². The zero-order valence-electron chi connectivity index (χ0n) is 10.7. The highest BCUT2D eigenvalue weighted by molar-refractivity contribution is 5.95. The maximum absolute atomic E-state index is 13.6. The number of aliphatic carboxylic acids is 1. The van der Waals surface area contributed by atoms with Crippen molar-refractivity contribution in [2.45, 2.75) is 12.8 Å². The Kier molecular flexibility index (Phi) is 5.70. The summed E-state index contributed by atoms with van der Waals surface area (Å²) in [7, 11) is 0. The number of carbonyl (C=O) groups is 2. The van der Waals surface area contributed by atoms with Crippen LogP contribution in [0.15, 0.2) is 5.11 Å². The number of nitrogens with one attached hydrogen (secondary N) is 1.